The van der Waals surface area contributed by atoms with Gasteiger partial charge in [-0.05, 0) is 17.9 Å². The van der Waals surface area contributed by atoms with Crippen LogP contribution in [0.5, 0.6) is 0 Å². The molecule has 1 saturated heterocycles. The van der Waals surface area contributed by atoms with Gasteiger partial charge in [-0.2, -0.15) is 0 Å². The maximum atomic E-state index is 5.65. The van der Waals surface area contributed by atoms with Gasteiger partial charge in [-0.15, -0.1) is 0 Å². The standard InChI is InChI=1S/C22H38N4O2/c1-17-8-7-9-18(14-17)19(26-10-12-28-13-11-26)15-24-21(23-5)25-16-20(27-6)22(2,3)4/h7-9,14,19-20H,10-13,15-16H2,1-6H3,(H2,23,24,25). The molecule has 6 nitrogen and oxygen atoms in total. The summed E-state index contributed by atoms with van der Waals surface area (Å²) in [6.45, 7) is 13.7. The van der Waals surface area contributed by atoms with Crippen LogP contribution in [0.2, 0.25) is 0 Å². The molecule has 1 heterocycles. The highest BCUT2D eigenvalue weighted by Crippen LogP contribution is 2.23. The van der Waals surface area contributed by atoms with E-state index in [2.05, 4.69) is 72.5 Å². The van der Waals surface area contributed by atoms with Crippen molar-refractivity contribution in [2.75, 3.05) is 53.6 Å². The Kier molecular flexibility index (Phi) is 8.73. The van der Waals surface area contributed by atoms with Crippen molar-refractivity contribution in [1.82, 2.24) is 15.5 Å². The van der Waals surface area contributed by atoms with Crippen LogP contribution in [0.15, 0.2) is 29.3 Å². The van der Waals surface area contributed by atoms with Crippen molar-refractivity contribution in [3.8, 4) is 0 Å². The monoisotopic (exact) mass is 390 g/mol. The molecule has 1 aliphatic heterocycles. The Morgan fingerprint density at radius 1 is 1.21 bits per heavy atom. The Bertz CT molecular complexity index is 621. The normalized spacial score (nSPS) is 18.6. The molecule has 2 rings (SSSR count). The second-order valence-corrected chi connectivity index (χ2v) is 8.50. The number of hydrogen-bond donors (Lipinski definition) is 2. The fourth-order valence-corrected chi connectivity index (χ4v) is 3.57. The lowest BCUT2D eigenvalue weighted by Gasteiger charge is -2.35. The van der Waals surface area contributed by atoms with Gasteiger partial charge in [-0.3, -0.25) is 9.89 Å². The van der Waals surface area contributed by atoms with Crippen LogP contribution in [0.1, 0.15) is 37.9 Å². The van der Waals surface area contributed by atoms with Crippen molar-refractivity contribution in [3.63, 3.8) is 0 Å². The molecule has 0 aromatic heterocycles. The highest BCUT2D eigenvalue weighted by atomic mass is 16.5. The predicted molar refractivity (Wildman–Crippen MR) is 116 cm³/mol. The lowest BCUT2D eigenvalue weighted by molar-refractivity contribution is 0.0165. The lowest BCUT2D eigenvalue weighted by atomic mass is 9.89. The van der Waals surface area contributed by atoms with Crippen molar-refractivity contribution in [1.29, 1.82) is 0 Å². The maximum absolute atomic E-state index is 5.65. The van der Waals surface area contributed by atoms with Crippen molar-refractivity contribution < 1.29 is 9.47 Å². The quantitative estimate of drug-likeness (QED) is 0.554. The summed E-state index contributed by atoms with van der Waals surface area (Å²) >= 11 is 0. The average Bonchev–Trinajstić information content (AvgIpc) is 2.67. The molecule has 28 heavy (non-hydrogen) atoms. The molecule has 0 radical (unpaired) electrons. The molecule has 1 fully saturated rings. The number of morpholine rings is 1. The van der Waals surface area contributed by atoms with Gasteiger partial charge >= 0.3 is 0 Å². The Balaban J connectivity index is 2.02. The first-order chi connectivity index (χ1) is 13.3. The molecular weight excluding hydrogens is 352 g/mol. The second kappa shape index (κ2) is 10.8. The molecule has 1 aromatic carbocycles. The second-order valence-electron chi connectivity index (χ2n) is 8.50. The molecule has 0 spiro atoms. The van der Waals surface area contributed by atoms with E-state index in [1.54, 1.807) is 7.11 Å². The van der Waals surface area contributed by atoms with E-state index in [1.165, 1.54) is 11.1 Å². The topological polar surface area (TPSA) is 58.1 Å². The molecule has 1 aliphatic rings. The number of guanidine groups is 1. The summed E-state index contributed by atoms with van der Waals surface area (Å²) in [6, 6.07) is 9.05. The van der Waals surface area contributed by atoms with Gasteiger partial charge in [0.1, 0.15) is 0 Å². The fraction of sp³-hybridized carbons (Fsp3) is 0.682. The van der Waals surface area contributed by atoms with Crippen molar-refractivity contribution in [2.45, 2.75) is 39.8 Å². The SMILES string of the molecule is CN=C(NCC(c1cccc(C)c1)N1CCOCC1)NCC(OC)C(C)(C)C. The molecule has 1 aromatic rings. The van der Waals surface area contributed by atoms with Gasteiger partial charge in [0.15, 0.2) is 5.96 Å². The number of methoxy groups -OCH3 is 1. The molecule has 0 bridgehead atoms. The number of aryl methyl sites for hydroxylation is 1. The molecule has 2 unspecified atom stereocenters. The van der Waals surface area contributed by atoms with Gasteiger partial charge in [-0.1, -0.05) is 50.6 Å². The summed E-state index contributed by atoms with van der Waals surface area (Å²) in [5.74, 6) is 0.803. The first-order valence-electron chi connectivity index (χ1n) is 10.2. The summed E-state index contributed by atoms with van der Waals surface area (Å²) in [7, 11) is 3.57. The minimum Gasteiger partial charge on any atom is -0.379 e. The van der Waals surface area contributed by atoms with Gasteiger partial charge in [0.05, 0.1) is 25.4 Å². The van der Waals surface area contributed by atoms with Gasteiger partial charge < -0.3 is 20.1 Å². The van der Waals surface area contributed by atoms with Gasteiger partial charge in [0.25, 0.3) is 0 Å². The van der Waals surface area contributed by atoms with E-state index in [-0.39, 0.29) is 17.6 Å². The summed E-state index contributed by atoms with van der Waals surface area (Å²) < 4.78 is 11.2. The first-order valence-corrected chi connectivity index (χ1v) is 10.2. The third-order valence-electron chi connectivity index (χ3n) is 5.31. The van der Waals surface area contributed by atoms with Crippen LogP contribution in [-0.2, 0) is 9.47 Å². The summed E-state index contributed by atoms with van der Waals surface area (Å²) in [6.07, 6.45) is 0.109. The Hall–Kier alpha value is -1.63. The van der Waals surface area contributed by atoms with E-state index in [1.807, 2.05) is 7.05 Å². The summed E-state index contributed by atoms with van der Waals surface area (Å²) in [4.78, 5) is 6.89. The minimum absolute atomic E-state index is 0.0680. The van der Waals surface area contributed by atoms with E-state index in [0.29, 0.717) is 6.54 Å². The van der Waals surface area contributed by atoms with Crippen LogP contribution in [0.4, 0.5) is 0 Å². The largest absolute Gasteiger partial charge is 0.379 e. The van der Waals surface area contributed by atoms with Crippen molar-refractivity contribution in [2.24, 2.45) is 10.4 Å². The number of nitrogens with zero attached hydrogens (tertiary/aromatic N) is 2. The van der Waals surface area contributed by atoms with E-state index in [4.69, 9.17) is 9.47 Å². The van der Waals surface area contributed by atoms with Crippen LogP contribution in [0, 0.1) is 12.3 Å². The van der Waals surface area contributed by atoms with Crippen LogP contribution >= 0.6 is 0 Å². The van der Waals surface area contributed by atoms with Gasteiger partial charge in [0.2, 0.25) is 0 Å². The lowest BCUT2D eigenvalue weighted by Crippen LogP contribution is -2.48. The van der Waals surface area contributed by atoms with Gasteiger partial charge in [0, 0.05) is 40.3 Å². The Labute approximate surface area is 170 Å². The third kappa shape index (κ3) is 6.76. The van der Waals surface area contributed by atoms with Crippen LogP contribution in [0.25, 0.3) is 0 Å². The zero-order valence-electron chi connectivity index (χ0n) is 18.4. The van der Waals surface area contributed by atoms with E-state index in [9.17, 15) is 0 Å². The first kappa shape index (κ1) is 22.7. The molecule has 6 heteroatoms. The molecule has 2 N–H and O–H groups in total. The predicted octanol–water partition coefficient (Wildman–Crippen LogP) is 2.59. The van der Waals surface area contributed by atoms with E-state index < -0.39 is 0 Å². The third-order valence-corrected chi connectivity index (χ3v) is 5.31. The zero-order valence-corrected chi connectivity index (χ0v) is 18.4. The smallest absolute Gasteiger partial charge is 0.191 e. The number of nitrogens with one attached hydrogen (secondary N) is 2. The van der Waals surface area contributed by atoms with Gasteiger partial charge in [-0.25, -0.2) is 0 Å². The number of ether oxygens (including phenoxy) is 2. The number of benzene rings is 1. The van der Waals surface area contributed by atoms with Crippen molar-refractivity contribution >= 4 is 5.96 Å². The molecule has 158 valence electrons. The highest BCUT2D eigenvalue weighted by Gasteiger charge is 2.25. The molecule has 0 amide bonds. The molecule has 0 aliphatic carbocycles. The van der Waals surface area contributed by atoms with Crippen LogP contribution in [0.3, 0.4) is 0 Å². The highest BCUT2D eigenvalue weighted by molar-refractivity contribution is 5.79. The molecular formula is C22H38N4O2. The fourth-order valence-electron chi connectivity index (χ4n) is 3.57. The van der Waals surface area contributed by atoms with Crippen LogP contribution < -0.4 is 10.6 Å². The molecule has 2 atom stereocenters. The minimum atomic E-state index is 0.0680. The number of aliphatic imine (C=N–C) groups is 1. The summed E-state index contributed by atoms with van der Waals surface area (Å²) in [5, 5.41) is 6.94. The number of hydrogen-bond acceptors (Lipinski definition) is 4. The Morgan fingerprint density at radius 2 is 1.89 bits per heavy atom. The zero-order chi connectivity index (χ0) is 20.6. The van der Waals surface area contributed by atoms with Crippen molar-refractivity contribution in [3.05, 3.63) is 35.4 Å². The number of rotatable bonds is 7. The summed E-state index contributed by atoms with van der Waals surface area (Å²) in [5.41, 5.74) is 2.68. The van der Waals surface area contributed by atoms with E-state index in [0.717, 1.165) is 38.8 Å². The maximum Gasteiger partial charge on any atom is 0.191 e. The average molecular weight is 391 g/mol. The van der Waals surface area contributed by atoms with E-state index >= 15 is 0 Å². The molecule has 0 saturated carbocycles. The van der Waals surface area contributed by atoms with Crippen LogP contribution in [-0.4, -0.2) is 70.5 Å². The Morgan fingerprint density at radius 3 is 2.46 bits per heavy atom.